The van der Waals surface area contributed by atoms with Crippen molar-refractivity contribution in [2.75, 3.05) is 13.7 Å². The first-order valence-corrected chi connectivity index (χ1v) is 10.1. The number of amides is 2. The van der Waals surface area contributed by atoms with E-state index in [4.69, 9.17) is 14.6 Å². The molecule has 3 rings (SSSR count). The van der Waals surface area contributed by atoms with Crippen molar-refractivity contribution < 1.29 is 33.4 Å². The summed E-state index contributed by atoms with van der Waals surface area (Å²) in [4.78, 5) is 35.8. The zero-order chi connectivity index (χ0) is 21.8. The molecular formula is C20H15BrFNO6S. The van der Waals surface area contributed by atoms with Crippen LogP contribution in [0.4, 0.5) is 9.18 Å². The lowest BCUT2D eigenvalue weighted by Gasteiger charge is -2.14. The first-order chi connectivity index (χ1) is 14.3. The Labute approximate surface area is 183 Å². The summed E-state index contributed by atoms with van der Waals surface area (Å²) in [6.07, 6.45) is 1.46. The average Bonchev–Trinajstić information content (AvgIpc) is 2.95. The summed E-state index contributed by atoms with van der Waals surface area (Å²) in [5.41, 5.74) is 0.903. The molecule has 0 aromatic heterocycles. The van der Waals surface area contributed by atoms with E-state index in [0.717, 1.165) is 0 Å². The summed E-state index contributed by atoms with van der Waals surface area (Å²) < 4.78 is 25.4. The van der Waals surface area contributed by atoms with Crippen LogP contribution in [0.15, 0.2) is 45.8 Å². The molecule has 7 nitrogen and oxygen atoms in total. The summed E-state index contributed by atoms with van der Waals surface area (Å²) >= 11 is 4.03. The normalized spacial score (nSPS) is 15.0. The van der Waals surface area contributed by atoms with E-state index in [-0.39, 0.29) is 17.3 Å². The number of carboxylic acids is 1. The Morgan fingerprint density at radius 1 is 1.30 bits per heavy atom. The highest BCUT2D eigenvalue weighted by molar-refractivity contribution is 9.10. The van der Waals surface area contributed by atoms with Crippen molar-refractivity contribution in [2.24, 2.45) is 0 Å². The van der Waals surface area contributed by atoms with Gasteiger partial charge in [0.05, 0.1) is 16.5 Å². The van der Waals surface area contributed by atoms with Crippen molar-refractivity contribution in [3.8, 4) is 11.5 Å². The van der Waals surface area contributed by atoms with Gasteiger partial charge >= 0.3 is 5.97 Å². The standard InChI is InChI=1S/C20H15BrFNO6S/c1-28-15-7-11(8-16-19(26)23(9-17(24)25)20(27)30-16)6-13(21)18(15)29-10-12-4-2-3-5-14(12)22/h2-8H,9-10H2,1H3,(H,24,25)/b16-8+. The molecular weight excluding hydrogens is 481 g/mol. The van der Waals surface area contributed by atoms with Crippen LogP contribution in [0.1, 0.15) is 11.1 Å². The summed E-state index contributed by atoms with van der Waals surface area (Å²) in [7, 11) is 1.43. The quantitative estimate of drug-likeness (QED) is 0.572. The number of imide groups is 1. The molecule has 10 heteroatoms. The Balaban J connectivity index is 1.84. The number of carboxylic acid groups (broad SMARTS) is 1. The molecule has 1 heterocycles. The zero-order valence-corrected chi connectivity index (χ0v) is 18.0. The first-order valence-electron chi connectivity index (χ1n) is 8.51. The molecule has 2 aromatic rings. The van der Waals surface area contributed by atoms with E-state index in [0.29, 0.717) is 43.8 Å². The van der Waals surface area contributed by atoms with Crippen LogP contribution in [0.25, 0.3) is 6.08 Å². The van der Waals surface area contributed by atoms with E-state index in [2.05, 4.69) is 15.9 Å². The van der Waals surface area contributed by atoms with Crippen LogP contribution < -0.4 is 9.47 Å². The smallest absolute Gasteiger partial charge is 0.323 e. The molecule has 1 aliphatic rings. The maximum Gasteiger partial charge on any atom is 0.323 e. The summed E-state index contributed by atoms with van der Waals surface area (Å²) in [6, 6.07) is 9.47. The van der Waals surface area contributed by atoms with Crippen molar-refractivity contribution in [3.05, 3.63) is 62.7 Å². The van der Waals surface area contributed by atoms with Gasteiger partial charge in [0.15, 0.2) is 11.5 Å². The Bertz CT molecular complexity index is 1060. The number of ether oxygens (including phenoxy) is 2. The number of hydrogen-bond acceptors (Lipinski definition) is 6. The van der Waals surface area contributed by atoms with Gasteiger partial charge in [0.2, 0.25) is 0 Å². The topological polar surface area (TPSA) is 93.1 Å². The molecule has 0 saturated carbocycles. The summed E-state index contributed by atoms with van der Waals surface area (Å²) in [6.45, 7) is -0.715. The van der Waals surface area contributed by atoms with Gasteiger partial charge < -0.3 is 14.6 Å². The number of methoxy groups -OCH3 is 1. The molecule has 0 radical (unpaired) electrons. The lowest BCUT2D eigenvalue weighted by Crippen LogP contribution is -2.33. The fourth-order valence-corrected chi connectivity index (χ4v) is 4.06. The third kappa shape index (κ3) is 4.82. The van der Waals surface area contributed by atoms with Crippen LogP contribution in [0.5, 0.6) is 11.5 Å². The number of halogens is 2. The van der Waals surface area contributed by atoms with Crippen molar-refractivity contribution in [3.63, 3.8) is 0 Å². The van der Waals surface area contributed by atoms with E-state index in [9.17, 15) is 18.8 Å². The summed E-state index contributed by atoms with van der Waals surface area (Å²) in [5.74, 6) is -1.67. The molecule has 0 bridgehead atoms. The molecule has 30 heavy (non-hydrogen) atoms. The average molecular weight is 496 g/mol. The number of thioether (sulfide) groups is 1. The van der Waals surface area contributed by atoms with Gasteiger partial charge in [0.25, 0.3) is 11.1 Å². The zero-order valence-electron chi connectivity index (χ0n) is 15.6. The van der Waals surface area contributed by atoms with Gasteiger partial charge in [0, 0.05) is 5.56 Å². The predicted octanol–water partition coefficient (Wildman–Crippen LogP) is 4.30. The monoisotopic (exact) mass is 495 g/mol. The second kappa shape index (κ2) is 9.31. The summed E-state index contributed by atoms with van der Waals surface area (Å²) in [5, 5.41) is 8.19. The second-order valence-corrected chi connectivity index (χ2v) is 7.92. The predicted molar refractivity (Wildman–Crippen MR) is 112 cm³/mol. The van der Waals surface area contributed by atoms with Gasteiger partial charge in [-0.15, -0.1) is 0 Å². The number of aliphatic carboxylic acids is 1. The third-order valence-electron chi connectivity index (χ3n) is 4.05. The number of carbonyl (C=O) groups is 3. The molecule has 0 spiro atoms. The van der Waals surface area contributed by atoms with Crippen LogP contribution in [-0.2, 0) is 16.2 Å². The molecule has 0 aliphatic carbocycles. The Hall–Kier alpha value is -2.85. The van der Waals surface area contributed by atoms with Crippen molar-refractivity contribution in [1.29, 1.82) is 0 Å². The van der Waals surface area contributed by atoms with Crippen LogP contribution in [0.3, 0.4) is 0 Å². The van der Waals surface area contributed by atoms with Crippen LogP contribution in [-0.4, -0.2) is 40.8 Å². The number of nitrogens with zero attached hydrogens (tertiary/aromatic N) is 1. The van der Waals surface area contributed by atoms with Gasteiger partial charge in [-0.1, -0.05) is 18.2 Å². The molecule has 2 amide bonds. The van der Waals surface area contributed by atoms with Crippen molar-refractivity contribution in [2.45, 2.75) is 6.61 Å². The third-order valence-corrected chi connectivity index (χ3v) is 5.54. The lowest BCUT2D eigenvalue weighted by molar-refractivity contribution is -0.140. The van der Waals surface area contributed by atoms with Crippen LogP contribution in [0.2, 0.25) is 0 Å². The highest BCUT2D eigenvalue weighted by Crippen LogP contribution is 2.39. The van der Waals surface area contributed by atoms with Crippen molar-refractivity contribution in [1.82, 2.24) is 4.90 Å². The number of hydrogen-bond donors (Lipinski definition) is 1. The minimum atomic E-state index is -1.28. The van der Waals surface area contributed by atoms with E-state index in [1.165, 1.54) is 19.3 Å². The number of benzene rings is 2. The number of carbonyl (C=O) groups excluding carboxylic acids is 2. The Kier molecular flexibility index (Phi) is 6.78. The van der Waals surface area contributed by atoms with Gasteiger partial charge in [-0.2, -0.15) is 0 Å². The van der Waals surface area contributed by atoms with Gasteiger partial charge in [0.1, 0.15) is 19.0 Å². The maximum absolute atomic E-state index is 13.8. The van der Waals surface area contributed by atoms with Crippen LogP contribution in [0, 0.1) is 5.82 Å². The molecule has 2 aromatic carbocycles. The molecule has 1 N–H and O–H groups in total. The van der Waals surface area contributed by atoms with E-state index in [1.807, 2.05) is 0 Å². The molecule has 1 saturated heterocycles. The van der Waals surface area contributed by atoms with E-state index in [1.54, 1.807) is 30.3 Å². The SMILES string of the molecule is COc1cc(/C=C2/SC(=O)N(CC(=O)O)C2=O)cc(Br)c1OCc1ccccc1F. The Morgan fingerprint density at radius 3 is 2.70 bits per heavy atom. The fraction of sp³-hybridized carbons (Fsp3) is 0.150. The minimum absolute atomic E-state index is 0.0188. The Morgan fingerprint density at radius 2 is 2.03 bits per heavy atom. The fourth-order valence-electron chi connectivity index (χ4n) is 2.65. The first kappa shape index (κ1) is 21.8. The highest BCUT2D eigenvalue weighted by atomic mass is 79.9. The van der Waals surface area contributed by atoms with E-state index < -0.39 is 23.7 Å². The number of rotatable bonds is 7. The molecule has 0 atom stereocenters. The van der Waals surface area contributed by atoms with Crippen molar-refractivity contribution >= 4 is 50.9 Å². The van der Waals surface area contributed by atoms with E-state index >= 15 is 0 Å². The van der Waals surface area contributed by atoms with Gasteiger partial charge in [-0.25, -0.2) is 4.39 Å². The van der Waals surface area contributed by atoms with Gasteiger partial charge in [-0.05, 0) is 57.5 Å². The lowest BCUT2D eigenvalue weighted by atomic mass is 10.1. The molecule has 156 valence electrons. The molecule has 1 fully saturated rings. The minimum Gasteiger partial charge on any atom is -0.493 e. The van der Waals surface area contributed by atoms with Gasteiger partial charge in [-0.3, -0.25) is 19.3 Å². The largest absolute Gasteiger partial charge is 0.493 e. The molecule has 1 aliphatic heterocycles. The second-order valence-electron chi connectivity index (χ2n) is 6.08. The molecule has 0 unspecified atom stereocenters. The highest BCUT2D eigenvalue weighted by Gasteiger charge is 2.36. The maximum atomic E-state index is 13.8. The van der Waals surface area contributed by atoms with Crippen LogP contribution >= 0.6 is 27.7 Å².